The van der Waals surface area contributed by atoms with E-state index in [0.717, 1.165) is 22.3 Å². The van der Waals surface area contributed by atoms with Crippen molar-refractivity contribution < 1.29 is 23.8 Å². The maximum atomic E-state index is 13.0. The Kier molecular flexibility index (Phi) is 3.67. The Morgan fingerprint density at radius 3 is 1.55 bits per heavy atom. The molecule has 5 rings (SSSR count). The first-order chi connectivity index (χ1) is 14.1. The lowest BCUT2D eigenvalue weighted by atomic mass is 9.73. The van der Waals surface area contributed by atoms with Gasteiger partial charge in [-0.25, -0.2) is 9.59 Å². The molecule has 0 amide bonds. The van der Waals surface area contributed by atoms with Gasteiger partial charge in [0.1, 0.15) is 0 Å². The molecule has 144 valence electrons. The van der Waals surface area contributed by atoms with Gasteiger partial charge in [-0.3, -0.25) is 0 Å². The highest BCUT2D eigenvalue weighted by molar-refractivity contribution is 6.21. The van der Waals surface area contributed by atoms with Crippen LogP contribution in [0.4, 0.5) is 0 Å². The molecule has 2 aromatic rings. The first kappa shape index (κ1) is 17.6. The van der Waals surface area contributed by atoms with Gasteiger partial charge in [0.15, 0.2) is 0 Å². The van der Waals surface area contributed by atoms with Crippen LogP contribution in [-0.2, 0) is 23.8 Å². The van der Waals surface area contributed by atoms with E-state index < -0.39 is 23.1 Å². The Morgan fingerprint density at radius 2 is 1.14 bits per heavy atom. The minimum absolute atomic E-state index is 0.582. The number of esters is 2. The van der Waals surface area contributed by atoms with Crippen LogP contribution in [0.25, 0.3) is 23.3 Å². The summed E-state index contributed by atoms with van der Waals surface area (Å²) >= 11 is 0. The first-order valence-corrected chi connectivity index (χ1v) is 9.27. The second-order valence-electron chi connectivity index (χ2n) is 7.15. The molecule has 0 fully saturated rings. The fourth-order valence-electron chi connectivity index (χ4n) is 4.51. The van der Waals surface area contributed by atoms with Crippen molar-refractivity contribution in [2.75, 3.05) is 14.2 Å². The van der Waals surface area contributed by atoms with E-state index in [1.165, 1.54) is 14.2 Å². The summed E-state index contributed by atoms with van der Waals surface area (Å²) in [5.41, 5.74) is 1.65. The monoisotopic (exact) mass is 386 g/mol. The van der Waals surface area contributed by atoms with Crippen molar-refractivity contribution in [1.29, 1.82) is 0 Å². The van der Waals surface area contributed by atoms with Gasteiger partial charge in [0, 0.05) is 11.1 Å². The van der Waals surface area contributed by atoms with Gasteiger partial charge in [-0.05, 0) is 34.4 Å². The zero-order chi connectivity index (χ0) is 20.2. The highest BCUT2D eigenvalue weighted by atomic mass is 16.6. The Hall–Kier alpha value is -3.44. The number of hydrogen-bond acceptors (Lipinski definition) is 5. The van der Waals surface area contributed by atoms with Crippen LogP contribution in [-0.4, -0.2) is 37.4 Å². The van der Waals surface area contributed by atoms with Crippen LogP contribution in [0.3, 0.4) is 0 Å². The van der Waals surface area contributed by atoms with Crippen LogP contribution in [0.2, 0.25) is 0 Å². The van der Waals surface area contributed by atoms with E-state index >= 15 is 0 Å². The summed E-state index contributed by atoms with van der Waals surface area (Å²) in [5.74, 6) is -1.16. The zero-order valence-electron chi connectivity index (χ0n) is 16.0. The van der Waals surface area contributed by atoms with Crippen LogP contribution < -0.4 is 0 Å². The van der Waals surface area contributed by atoms with Crippen LogP contribution >= 0.6 is 0 Å². The lowest BCUT2D eigenvalue weighted by Gasteiger charge is -2.27. The summed E-state index contributed by atoms with van der Waals surface area (Å²) in [7, 11) is 2.63. The molecule has 2 aromatic carbocycles. The van der Waals surface area contributed by atoms with Gasteiger partial charge in [-0.15, -0.1) is 0 Å². The Labute approximate surface area is 167 Å². The molecule has 0 saturated carbocycles. The fourth-order valence-corrected chi connectivity index (χ4v) is 4.51. The molecule has 0 N–H and O–H groups in total. The van der Waals surface area contributed by atoms with Crippen molar-refractivity contribution in [2.45, 2.75) is 11.2 Å². The van der Waals surface area contributed by atoms with Gasteiger partial charge >= 0.3 is 11.9 Å². The number of rotatable bonds is 2. The molecule has 5 nitrogen and oxygen atoms in total. The number of hydrogen-bond donors (Lipinski definition) is 0. The van der Waals surface area contributed by atoms with Gasteiger partial charge in [0.25, 0.3) is 0 Å². The molecule has 29 heavy (non-hydrogen) atoms. The SMILES string of the molecule is COC(=O)C12C=CC(C(=O)OC)(O1)C1=C2c2ccccc2/C=C\c2ccccc21. The fraction of sp³-hybridized carbons (Fsp3) is 0.167. The van der Waals surface area contributed by atoms with E-state index in [4.69, 9.17) is 14.2 Å². The molecular formula is C24H18O5. The third-order valence-corrected chi connectivity index (χ3v) is 5.75. The van der Waals surface area contributed by atoms with Crippen LogP contribution in [0.5, 0.6) is 0 Å². The van der Waals surface area contributed by atoms with Gasteiger partial charge in [-0.2, -0.15) is 0 Å². The molecule has 0 spiro atoms. The maximum absolute atomic E-state index is 13.0. The quantitative estimate of drug-likeness (QED) is 0.584. The number of carbonyl (C=O) groups excluding carboxylic acids is 2. The van der Waals surface area contributed by atoms with Crippen molar-refractivity contribution in [1.82, 2.24) is 0 Å². The van der Waals surface area contributed by atoms with E-state index in [1.807, 2.05) is 60.7 Å². The lowest BCUT2D eigenvalue weighted by Crippen LogP contribution is -2.42. The van der Waals surface area contributed by atoms with E-state index in [1.54, 1.807) is 12.2 Å². The standard InChI is InChI=1S/C24H18O5/c1-27-21(25)23-13-14-24(29-23,22(26)28-2)20-18-10-6-4-8-16(18)12-11-15-7-3-5-9-17(15)19(20)23/h3-14H,1-2H3/b12-11-,15-11?,16-12?,19-17?,20-18?. The zero-order valence-corrected chi connectivity index (χ0v) is 16.0. The van der Waals surface area contributed by atoms with E-state index in [-0.39, 0.29) is 0 Å². The summed E-state index contributed by atoms with van der Waals surface area (Å²) in [6.07, 6.45) is 7.23. The summed E-state index contributed by atoms with van der Waals surface area (Å²) in [5, 5.41) is 0. The van der Waals surface area contributed by atoms with Crippen LogP contribution in [0, 0.1) is 0 Å². The molecule has 1 aliphatic carbocycles. The normalized spacial score (nSPS) is 26.7. The number of ether oxygens (including phenoxy) is 3. The molecule has 2 unspecified atom stereocenters. The smallest absolute Gasteiger partial charge is 0.347 e. The van der Waals surface area contributed by atoms with Gasteiger partial charge in [-0.1, -0.05) is 60.7 Å². The number of fused-ring (bicyclic) bond motifs is 8. The van der Waals surface area contributed by atoms with Crippen molar-refractivity contribution in [3.63, 3.8) is 0 Å². The third kappa shape index (κ3) is 2.13. The summed E-state index contributed by atoms with van der Waals surface area (Å²) in [4.78, 5) is 26.0. The summed E-state index contributed by atoms with van der Waals surface area (Å²) in [6.45, 7) is 0. The largest absolute Gasteiger partial charge is 0.466 e. The van der Waals surface area contributed by atoms with Crippen molar-refractivity contribution >= 4 is 35.2 Å². The van der Waals surface area contributed by atoms with E-state index in [0.29, 0.717) is 11.1 Å². The van der Waals surface area contributed by atoms with Crippen LogP contribution in [0.15, 0.2) is 60.7 Å². The topological polar surface area (TPSA) is 61.8 Å². The molecule has 0 saturated heterocycles. The van der Waals surface area contributed by atoms with Gasteiger partial charge in [0.05, 0.1) is 14.2 Å². The molecule has 2 atom stereocenters. The minimum Gasteiger partial charge on any atom is -0.466 e. The lowest BCUT2D eigenvalue weighted by molar-refractivity contribution is -0.169. The molecule has 0 aromatic heterocycles. The van der Waals surface area contributed by atoms with Crippen molar-refractivity contribution in [3.8, 4) is 0 Å². The highest BCUT2D eigenvalue weighted by Gasteiger charge is 2.66. The van der Waals surface area contributed by atoms with E-state index in [9.17, 15) is 9.59 Å². The van der Waals surface area contributed by atoms with Crippen molar-refractivity contribution in [3.05, 3.63) is 82.9 Å². The second-order valence-corrected chi connectivity index (χ2v) is 7.15. The predicted octanol–water partition coefficient (Wildman–Crippen LogP) is 3.50. The first-order valence-electron chi connectivity index (χ1n) is 9.27. The van der Waals surface area contributed by atoms with E-state index in [2.05, 4.69) is 0 Å². The number of methoxy groups -OCH3 is 2. The third-order valence-electron chi connectivity index (χ3n) is 5.75. The Balaban J connectivity index is 1.95. The molecule has 2 bridgehead atoms. The number of benzene rings is 2. The second kappa shape index (κ2) is 6.03. The molecule has 0 radical (unpaired) electrons. The Morgan fingerprint density at radius 1 is 0.724 bits per heavy atom. The molecule has 2 heterocycles. The molecule has 2 aliphatic heterocycles. The van der Waals surface area contributed by atoms with Crippen molar-refractivity contribution in [2.24, 2.45) is 0 Å². The van der Waals surface area contributed by atoms with Gasteiger partial charge in [0.2, 0.25) is 11.2 Å². The average molecular weight is 386 g/mol. The molecule has 5 heteroatoms. The summed E-state index contributed by atoms with van der Waals surface area (Å²) in [6, 6.07) is 15.5. The Bertz CT molecular complexity index is 1070. The minimum atomic E-state index is -1.52. The van der Waals surface area contributed by atoms with Gasteiger partial charge < -0.3 is 14.2 Å². The maximum Gasteiger partial charge on any atom is 0.347 e. The highest BCUT2D eigenvalue weighted by Crippen LogP contribution is 2.59. The molecule has 3 aliphatic rings. The predicted molar refractivity (Wildman–Crippen MR) is 108 cm³/mol. The summed E-state index contributed by atoms with van der Waals surface area (Å²) < 4.78 is 16.5. The van der Waals surface area contributed by atoms with Crippen LogP contribution in [0.1, 0.15) is 22.3 Å². The average Bonchev–Trinajstić information content (AvgIpc) is 3.29. The number of carbonyl (C=O) groups is 2. The molecular weight excluding hydrogens is 368 g/mol.